The number of imidazole rings is 1. The van der Waals surface area contributed by atoms with Gasteiger partial charge in [-0.2, -0.15) is 5.10 Å². The molecule has 25 heavy (non-hydrogen) atoms. The summed E-state index contributed by atoms with van der Waals surface area (Å²) in [5.74, 6) is 0.313. The molecule has 1 amide bonds. The average Bonchev–Trinajstić information content (AvgIpc) is 3.27. The van der Waals surface area contributed by atoms with Crippen LogP contribution in [0.1, 0.15) is 17.3 Å². The maximum absolute atomic E-state index is 12.6. The molecule has 6 nitrogen and oxygen atoms in total. The Balaban J connectivity index is 1.62. The van der Waals surface area contributed by atoms with Crippen molar-refractivity contribution in [2.45, 2.75) is 13.5 Å². The van der Waals surface area contributed by atoms with Gasteiger partial charge in [-0.15, -0.1) is 0 Å². The molecule has 4 rings (SSSR count). The van der Waals surface area contributed by atoms with E-state index in [0.29, 0.717) is 11.5 Å². The number of carbonyl (C=O) groups is 1. The number of fused-ring (bicyclic) bond motifs is 1. The molecule has 2 aromatic carbocycles. The van der Waals surface area contributed by atoms with Crippen LogP contribution < -0.4 is 5.32 Å². The largest absolute Gasteiger partial charge is 0.310 e. The number of benzene rings is 2. The van der Waals surface area contributed by atoms with Crippen LogP contribution in [0.5, 0.6) is 0 Å². The number of anilines is 1. The highest BCUT2D eigenvalue weighted by Gasteiger charge is 2.15. The van der Waals surface area contributed by atoms with Crippen molar-refractivity contribution in [1.29, 1.82) is 0 Å². The van der Waals surface area contributed by atoms with Gasteiger partial charge < -0.3 is 4.57 Å². The monoisotopic (exact) mass is 331 g/mol. The van der Waals surface area contributed by atoms with E-state index in [1.165, 1.54) is 0 Å². The van der Waals surface area contributed by atoms with Gasteiger partial charge in [0.15, 0.2) is 0 Å². The minimum atomic E-state index is -0.229. The molecule has 0 bridgehead atoms. The average molecular weight is 331 g/mol. The smallest absolute Gasteiger partial charge is 0.261 e. The van der Waals surface area contributed by atoms with Gasteiger partial charge in [-0.1, -0.05) is 30.3 Å². The summed E-state index contributed by atoms with van der Waals surface area (Å²) in [6.07, 6.45) is 3.27. The zero-order chi connectivity index (χ0) is 17.2. The van der Waals surface area contributed by atoms with E-state index in [1.54, 1.807) is 17.1 Å². The third-order valence-electron chi connectivity index (χ3n) is 4.06. The second-order valence-electron chi connectivity index (χ2n) is 5.63. The number of carbonyl (C=O) groups excluding carboxylic acids is 1. The molecule has 0 fully saturated rings. The van der Waals surface area contributed by atoms with Gasteiger partial charge in [0.05, 0.1) is 28.5 Å². The molecule has 0 aliphatic heterocycles. The van der Waals surface area contributed by atoms with E-state index in [4.69, 9.17) is 0 Å². The summed E-state index contributed by atoms with van der Waals surface area (Å²) in [6.45, 7) is 2.75. The summed E-state index contributed by atoms with van der Waals surface area (Å²) in [7, 11) is 0. The van der Waals surface area contributed by atoms with Gasteiger partial charge in [-0.05, 0) is 31.2 Å². The van der Waals surface area contributed by atoms with E-state index < -0.39 is 0 Å². The molecule has 2 heterocycles. The third kappa shape index (κ3) is 2.78. The fourth-order valence-electron chi connectivity index (χ4n) is 2.83. The Labute approximate surface area is 144 Å². The van der Waals surface area contributed by atoms with Crippen molar-refractivity contribution in [1.82, 2.24) is 19.3 Å². The number of nitrogens with one attached hydrogen (secondary N) is 1. The molecule has 6 heteroatoms. The lowest BCUT2D eigenvalue weighted by molar-refractivity contribution is 0.102. The molecule has 0 aliphatic carbocycles. The summed E-state index contributed by atoms with van der Waals surface area (Å²) < 4.78 is 3.66. The van der Waals surface area contributed by atoms with Crippen molar-refractivity contribution >= 4 is 22.9 Å². The molecular formula is C19H17N5O. The van der Waals surface area contributed by atoms with Crippen LogP contribution in [0.25, 0.3) is 16.7 Å². The lowest BCUT2D eigenvalue weighted by atomic mass is 10.3. The fourth-order valence-corrected chi connectivity index (χ4v) is 2.83. The first kappa shape index (κ1) is 15.1. The number of amides is 1. The maximum atomic E-state index is 12.6. The molecule has 0 saturated heterocycles. The van der Waals surface area contributed by atoms with Crippen LogP contribution in [-0.4, -0.2) is 25.2 Å². The summed E-state index contributed by atoms with van der Waals surface area (Å²) in [4.78, 5) is 17.1. The number of hydrogen-bond donors (Lipinski definition) is 1. The first-order valence-corrected chi connectivity index (χ1v) is 8.13. The van der Waals surface area contributed by atoms with Gasteiger partial charge in [0.25, 0.3) is 5.91 Å². The van der Waals surface area contributed by atoms with E-state index in [0.717, 1.165) is 23.3 Å². The van der Waals surface area contributed by atoms with E-state index in [1.807, 2.05) is 66.1 Å². The minimum Gasteiger partial charge on any atom is -0.310 e. The number of para-hydroxylation sites is 3. The Morgan fingerprint density at radius 3 is 2.64 bits per heavy atom. The predicted octanol–water partition coefficient (Wildman–Crippen LogP) is 3.49. The number of hydrogen-bond acceptors (Lipinski definition) is 3. The molecule has 124 valence electrons. The Bertz CT molecular complexity index is 1030. The van der Waals surface area contributed by atoms with E-state index >= 15 is 0 Å². The Morgan fingerprint density at radius 2 is 1.84 bits per heavy atom. The zero-order valence-electron chi connectivity index (χ0n) is 13.8. The van der Waals surface area contributed by atoms with Gasteiger partial charge in [0, 0.05) is 12.7 Å². The van der Waals surface area contributed by atoms with Crippen LogP contribution in [0.15, 0.2) is 67.0 Å². The lowest BCUT2D eigenvalue weighted by Gasteiger charge is -2.06. The SMILES string of the molecule is CCn1c(NC(=O)c2cnn(-c3ccccc3)c2)nc2ccccc21. The molecule has 1 N–H and O–H groups in total. The van der Waals surface area contributed by atoms with Crippen LogP contribution in [0.3, 0.4) is 0 Å². The van der Waals surface area contributed by atoms with E-state index in [2.05, 4.69) is 15.4 Å². The first-order chi connectivity index (χ1) is 12.3. The van der Waals surface area contributed by atoms with E-state index in [9.17, 15) is 4.79 Å². The highest BCUT2D eigenvalue weighted by Crippen LogP contribution is 2.20. The second kappa shape index (κ2) is 6.24. The summed E-state index contributed by atoms with van der Waals surface area (Å²) >= 11 is 0. The van der Waals surface area contributed by atoms with Crippen LogP contribution in [-0.2, 0) is 6.54 Å². The van der Waals surface area contributed by atoms with Crippen molar-refractivity contribution in [3.05, 3.63) is 72.6 Å². The molecule has 0 atom stereocenters. The Kier molecular flexibility index (Phi) is 3.78. The number of aromatic nitrogens is 4. The normalized spacial score (nSPS) is 10.9. The first-order valence-electron chi connectivity index (χ1n) is 8.13. The zero-order valence-corrected chi connectivity index (χ0v) is 13.8. The predicted molar refractivity (Wildman–Crippen MR) is 96.9 cm³/mol. The third-order valence-corrected chi connectivity index (χ3v) is 4.06. The van der Waals surface area contributed by atoms with Crippen molar-refractivity contribution < 1.29 is 4.79 Å². The van der Waals surface area contributed by atoms with Gasteiger partial charge >= 0.3 is 0 Å². The summed E-state index contributed by atoms with van der Waals surface area (Å²) in [5.41, 5.74) is 3.25. The number of aryl methyl sites for hydroxylation is 1. The standard InChI is InChI=1S/C19H17N5O/c1-2-23-17-11-7-6-10-16(17)21-19(23)22-18(25)14-12-20-24(13-14)15-8-4-3-5-9-15/h3-13H,2H2,1H3,(H,21,22,25). The summed E-state index contributed by atoms with van der Waals surface area (Å²) in [6, 6.07) is 17.5. The van der Waals surface area contributed by atoms with E-state index in [-0.39, 0.29) is 5.91 Å². The highest BCUT2D eigenvalue weighted by molar-refractivity contribution is 6.03. The molecule has 2 aromatic heterocycles. The molecule has 0 spiro atoms. The summed E-state index contributed by atoms with van der Waals surface area (Å²) in [5, 5.41) is 7.15. The maximum Gasteiger partial charge on any atom is 0.261 e. The quantitative estimate of drug-likeness (QED) is 0.622. The molecular weight excluding hydrogens is 314 g/mol. The highest BCUT2D eigenvalue weighted by atomic mass is 16.1. The molecule has 0 saturated carbocycles. The lowest BCUT2D eigenvalue weighted by Crippen LogP contribution is -2.15. The van der Waals surface area contributed by atoms with Gasteiger partial charge in [-0.25, -0.2) is 9.67 Å². The molecule has 4 aromatic rings. The number of nitrogens with zero attached hydrogens (tertiary/aromatic N) is 4. The van der Waals surface area contributed by atoms with Crippen LogP contribution in [0.2, 0.25) is 0 Å². The Hall–Kier alpha value is -3.41. The minimum absolute atomic E-state index is 0.229. The fraction of sp³-hybridized carbons (Fsp3) is 0.105. The second-order valence-corrected chi connectivity index (χ2v) is 5.63. The van der Waals surface area contributed by atoms with Crippen LogP contribution in [0.4, 0.5) is 5.95 Å². The van der Waals surface area contributed by atoms with Crippen molar-refractivity contribution in [2.24, 2.45) is 0 Å². The molecule has 0 aliphatic rings. The van der Waals surface area contributed by atoms with Gasteiger partial charge in [-0.3, -0.25) is 10.1 Å². The van der Waals surface area contributed by atoms with Crippen molar-refractivity contribution in [3.63, 3.8) is 0 Å². The van der Waals surface area contributed by atoms with Crippen LogP contribution >= 0.6 is 0 Å². The van der Waals surface area contributed by atoms with Crippen LogP contribution in [0, 0.1) is 0 Å². The number of rotatable bonds is 4. The van der Waals surface area contributed by atoms with Crippen molar-refractivity contribution in [3.8, 4) is 5.69 Å². The topological polar surface area (TPSA) is 64.7 Å². The van der Waals surface area contributed by atoms with Gasteiger partial charge in [0.2, 0.25) is 5.95 Å². The Morgan fingerprint density at radius 1 is 1.08 bits per heavy atom. The molecule has 0 radical (unpaired) electrons. The molecule has 0 unspecified atom stereocenters. The van der Waals surface area contributed by atoms with Crippen molar-refractivity contribution in [2.75, 3.05) is 5.32 Å². The van der Waals surface area contributed by atoms with Gasteiger partial charge in [0.1, 0.15) is 0 Å².